The van der Waals surface area contributed by atoms with Crippen LogP contribution in [0, 0.1) is 0 Å². The first-order valence-electron chi connectivity index (χ1n) is 7.01. The number of fused-ring (bicyclic) bond motifs is 1. The highest BCUT2D eigenvalue weighted by Gasteiger charge is 2.18. The highest BCUT2D eigenvalue weighted by atomic mass is 16.2. The first-order valence-corrected chi connectivity index (χ1v) is 7.01. The Morgan fingerprint density at radius 2 is 1.90 bits per heavy atom. The van der Waals surface area contributed by atoms with Gasteiger partial charge in [0.25, 0.3) is 5.91 Å². The average molecular weight is 271 g/mol. The van der Waals surface area contributed by atoms with Crippen molar-refractivity contribution in [2.75, 3.05) is 5.32 Å². The van der Waals surface area contributed by atoms with Crippen molar-refractivity contribution in [3.05, 3.63) is 29.3 Å². The predicted molar refractivity (Wildman–Crippen MR) is 76.5 cm³/mol. The third-order valence-corrected chi connectivity index (χ3v) is 3.77. The van der Waals surface area contributed by atoms with Crippen LogP contribution in [0.3, 0.4) is 0 Å². The second-order valence-corrected chi connectivity index (χ2v) is 5.24. The maximum Gasteiger partial charge on any atom is 0.271 e. The number of carbonyl (C=O) groups is 2. The maximum absolute atomic E-state index is 12.0. The van der Waals surface area contributed by atoms with E-state index in [1.54, 1.807) is 0 Å². The maximum atomic E-state index is 12.0. The molecule has 104 valence electrons. The zero-order valence-corrected chi connectivity index (χ0v) is 11.2. The van der Waals surface area contributed by atoms with E-state index >= 15 is 0 Å². The SMILES string of the molecule is O=C1CCC(C(=O)Nc2ccc3c(c2)CCCC3)=NN1. The summed E-state index contributed by atoms with van der Waals surface area (Å²) >= 11 is 0. The monoisotopic (exact) mass is 271 g/mol. The predicted octanol–water partition coefficient (Wildman–Crippen LogP) is 1.77. The number of rotatable bonds is 2. The third-order valence-electron chi connectivity index (χ3n) is 3.77. The van der Waals surface area contributed by atoms with E-state index in [9.17, 15) is 9.59 Å². The molecule has 0 aromatic heterocycles. The molecule has 1 aromatic carbocycles. The second kappa shape index (κ2) is 5.45. The molecule has 0 saturated heterocycles. The van der Waals surface area contributed by atoms with Crippen LogP contribution < -0.4 is 10.7 Å². The molecule has 0 spiro atoms. The zero-order chi connectivity index (χ0) is 13.9. The summed E-state index contributed by atoms with van der Waals surface area (Å²) in [7, 11) is 0. The lowest BCUT2D eigenvalue weighted by atomic mass is 9.91. The number of nitrogens with zero attached hydrogens (tertiary/aromatic N) is 1. The quantitative estimate of drug-likeness (QED) is 0.860. The Labute approximate surface area is 117 Å². The van der Waals surface area contributed by atoms with Crippen LogP contribution in [0.2, 0.25) is 0 Å². The summed E-state index contributed by atoms with van der Waals surface area (Å²) in [6.45, 7) is 0. The highest BCUT2D eigenvalue weighted by molar-refractivity contribution is 6.43. The summed E-state index contributed by atoms with van der Waals surface area (Å²) in [4.78, 5) is 23.0. The molecular formula is C15H17N3O2. The van der Waals surface area contributed by atoms with E-state index in [4.69, 9.17) is 0 Å². The molecule has 5 heteroatoms. The molecule has 1 heterocycles. The molecule has 3 rings (SSSR count). The Bertz CT molecular complexity index is 593. The molecule has 0 radical (unpaired) electrons. The van der Waals surface area contributed by atoms with Crippen LogP contribution >= 0.6 is 0 Å². The average Bonchev–Trinajstić information content (AvgIpc) is 2.48. The van der Waals surface area contributed by atoms with Crippen molar-refractivity contribution >= 4 is 23.2 Å². The summed E-state index contributed by atoms with van der Waals surface area (Å²) in [5, 5.41) is 6.65. The Kier molecular flexibility index (Phi) is 3.50. The standard InChI is InChI=1S/C15H17N3O2/c19-14-8-7-13(17-18-14)15(20)16-12-6-5-10-3-1-2-4-11(10)9-12/h5-6,9H,1-4,7-8H2,(H,16,20)(H,18,19). The van der Waals surface area contributed by atoms with Crippen LogP contribution in [0.25, 0.3) is 0 Å². The molecule has 1 aromatic rings. The van der Waals surface area contributed by atoms with Gasteiger partial charge in [-0.25, -0.2) is 5.43 Å². The van der Waals surface area contributed by atoms with Gasteiger partial charge in [0.1, 0.15) is 5.71 Å². The third kappa shape index (κ3) is 2.71. The number of aryl methyl sites for hydroxylation is 2. The van der Waals surface area contributed by atoms with Crippen molar-refractivity contribution in [3.63, 3.8) is 0 Å². The van der Waals surface area contributed by atoms with E-state index < -0.39 is 0 Å². The van der Waals surface area contributed by atoms with Gasteiger partial charge in [-0.3, -0.25) is 9.59 Å². The number of hydrogen-bond donors (Lipinski definition) is 2. The van der Waals surface area contributed by atoms with Crippen molar-refractivity contribution < 1.29 is 9.59 Å². The van der Waals surface area contributed by atoms with Crippen LogP contribution in [0.4, 0.5) is 5.69 Å². The minimum atomic E-state index is -0.235. The molecule has 0 bridgehead atoms. The van der Waals surface area contributed by atoms with Gasteiger partial charge in [0.2, 0.25) is 5.91 Å². The van der Waals surface area contributed by atoms with Gasteiger partial charge >= 0.3 is 0 Å². The van der Waals surface area contributed by atoms with Crippen molar-refractivity contribution in [1.29, 1.82) is 0 Å². The molecule has 2 aliphatic rings. The van der Waals surface area contributed by atoms with E-state index in [0.29, 0.717) is 18.6 Å². The second-order valence-electron chi connectivity index (χ2n) is 5.24. The number of amides is 2. The number of hydrazone groups is 1. The Balaban J connectivity index is 1.71. The largest absolute Gasteiger partial charge is 0.321 e. The Hall–Kier alpha value is -2.17. The van der Waals surface area contributed by atoms with Crippen LogP contribution in [0.1, 0.15) is 36.8 Å². The van der Waals surface area contributed by atoms with Crippen molar-refractivity contribution in [2.45, 2.75) is 38.5 Å². The van der Waals surface area contributed by atoms with Gasteiger partial charge in [-0.1, -0.05) is 6.07 Å². The van der Waals surface area contributed by atoms with Gasteiger partial charge in [0, 0.05) is 18.5 Å². The van der Waals surface area contributed by atoms with Crippen molar-refractivity contribution in [3.8, 4) is 0 Å². The van der Waals surface area contributed by atoms with Crippen LogP contribution in [-0.4, -0.2) is 17.5 Å². The number of hydrogen-bond acceptors (Lipinski definition) is 3. The van der Waals surface area contributed by atoms with E-state index in [-0.39, 0.29) is 11.8 Å². The first-order chi connectivity index (χ1) is 9.72. The van der Waals surface area contributed by atoms with Gasteiger partial charge < -0.3 is 5.32 Å². The van der Waals surface area contributed by atoms with E-state index in [2.05, 4.69) is 21.9 Å². The molecule has 2 amide bonds. The molecule has 0 fully saturated rings. The number of nitrogens with one attached hydrogen (secondary N) is 2. The Morgan fingerprint density at radius 3 is 2.65 bits per heavy atom. The van der Waals surface area contributed by atoms with Crippen LogP contribution in [-0.2, 0) is 22.4 Å². The van der Waals surface area contributed by atoms with Gasteiger partial charge in [-0.05, 0) is 48.9 Å². The Morgan fingerprint density at radius 1 is 1.10 bits per heavy atom. The molecule has 20 heavy (non-hydrogen) atoms. The molecular weight excluding hydrogens is 254 g/mol. The van der Waals surface area contributed by atoms with Crippen LogP contribution in [0.15, 0.2) is 23.3 Å². The molecule has 1 aliphatic heterocycles. The van der Waals surface area contributed by atoms with Gasteiger partial charge in [-0.2, -0.15) is 5.10 Å². The topological polar surface area (TPSA) is 70.6 Å². The smallest absolute Gasteiger partial charge is 0.271 e. The van der Waals surface area contributed by atoms with E-state index in [0.717, 1.165) is 18.5 Å². The lowest BCUT2D eigenvalue weighted by Gasteiger charge is -2.17. The van der Waals surface area contributed by atoms with Crippen molar-refractivity contribution in [1.82, 2.24) is 5.43 Å². The van der Waals surface area contributed by atoms with E-state index in [1.807, 2.05) is 12.1 Å². The fourth-order valence-electron chi connectivity index (χ4n) is 2.65. The fraction of sp³-hybridized carbons (Fsp3) is 0.400. The van der Waals surface area contributed by atoms with Gasteiger partial charge in [0.05, 0.1) is 0 Å². The molecule has 2 N–H and O–H groups in total. The van der Waals surface area contributed by atoms with Crippen LogP contribution in [0.5, 0.6) is 0 Å². The summed E-state index contributed by atoms with van der Waals surface area (Å²) in [5.74, 6) is -0.379. The minimum Gasteiger partial charge on any atom is -0.321 e. The zero-order valence-electron chi connectivity index (χ0n) is 11.2. The minimum absolute atomic E-state index is 0.143. The molecule has 1 aliphatic carbocycles. The summed E-state index contributed by atoms with van der Waals surface area (Å²) in [6.07, 6.45) is 5.37. The molecule has 0 atom stereocenters. The lowest BCUT2D eigenvalue weighted by molar-refractivity contribution is -0.121. The van der Waals surface area contributed by atoms with Crippen molar-refractivity contribution in [2.24, 2.45) is 5.10 Å². The summed E-state index contributed by atoms with van der Waals surface area (Å²) in [5.41, 5.74) is 6.23. The number of carbonyl (C=O) groups excluding carboxylic acids is 2. The fourth-order valence-corrected chi connectivity index (χ4v) is 2.65. The highest BCUT2D eigenvalue weighted by Crippen LogP contribution is 2.24. The number of benzene rings is 1. The van der Waals surface area contributed by atoms with Gasteiger partial charge in [-0.15, -0.1) is 0 Å². The normalized spacial score (nSPS) is 17.8. The number of anilines is 1. The molecule has 5 nitrogen and oxygen atoms in total. The van der Waals surface area contributed by atoms with Gasteiger partial charge in [0.15, 0.2) is 0 Å². The lowest BCUT2D eigenvalue weighted by Crippen LogP contribution is -2.32. The summed E-state index contributed by atoms with van der Waals surface area (Å²) < 4.78 is 0. The summed E-state index contributed by atoms with van der Waals surface area (Å²) in [6, 6.07) is 6.08. The molecule has 0 unspecified atom stereocenters. The first kappa shape index (κ1) is 12.8. The van der Waals surface area contributed by atoms with E-state index in [1.165, 1.54) is 24.0 Å². The molecule has 0 saturated carbocycles.